The zero-order valence-corrected chi connectivity index (χ0v) is 26.6. The van der Waals surface area contributed by atoms with Crippen molar-refractivity contribution in [2.24, 2.45) is 11.7 Å². The van der Waals surface area contributed by atoms with Gasteiger partial charge >= 0.3 is 0 Å². The molecule has 0 saturated carbocycles. The van der Waals surface area contributed by atoms with Crippen LogP contribution in [0.1, 0.15) is 71.1 Å². The number of fused-ring (bicyclic) bond motifs is 1. The molecule has 0 unspecified atom stereocenters. The third kappa shape index (κ3) is 9.28. The predicted octanol–water partition coefficient (Wildman–Crippen LogP) is 3.86. The van der Waals surface area contributed by atoms with Crippen molar-refractivity contribution in [1.29, 1.82) is 0 Å². The van der Waals surface area contributed by atoms with E-state index in [0.717, 1.165) is 16.5 Å². The van der Waals surface area contributed by atoms with Crippen LogP contribution in [-0.2, 0) is 22.4 Å². The van der Waals surface area contributed by atoms with Gasteiger partial charge in [0.25, 0.3) is 11.8 Å². The van der Waals surface area contributed by atoms with Crippen LogP contribution in [0.4, 0.5) is 0 Å². The molecule has 2 aromatic heterocycles. The quantitative estimate of drug-likeness (QED) is 0.176. The van der Waals surface area contributed by atoms with E-state index in [1.807, 2.05) is 52.0 Å². The highest BCUT2D eigenvalue weighted by atomic mass is 16.3. The van der Waals surface area contributed by atoms with Crippen LogP contribution < -0.4 is 16.4 Å². The molecular formula is C36H41N5O5. The molecule has 0 bridgehead atoms. The molecule has 2 heterocycles. The van der Waals surface area contributed by atoms with E-state index in [0.29, 0.717) is 23.1 Å². The molecule has 0 radical (unpaired) electrons. The number of carbonyl (C=O) groups excluding carboxylic acids is 4. The van der Waals surface area contributed by atoms with E-state index < -0.39 is 47.6 Å². The van der Waals surface area contributed by atoms with E-state index in [1.54, 1.807) is 54.9 Å². The minimum Gasteiger partial charge on any atom is -0.392 e. The lowest BCUT2D eigenvalue weighted by atomic mass is 9.84. The molecule has 0 aliphatic carbocycles. The average molecular weight is 624 g/mol. The Labute approximate surface area is 268 Å². The third-order valence-corrected chi connectivity index (χ3v) is 7.66. The summed E-state index contributed by atoms with van der Waals surface area (Å²) in [6.07, 6.45) is 2.04. The number of nitrogens with zero attached hydrogens (tertiary/aromatic N) is 2. The highest BCUT2D eigenvalue weighted by Crippen LogP contribution is 2.23. The molecule has 10 nitrogen and oxygen atoms in total. The second kappa shape index (κ2) is 14.9. The van der Waals surface area contributed by atoms with Crippen molar-refractivity contribution >= 4 is 34.4 Å². The maximum Gasteiger partial charge on any atom is 0.270 e. The van der Waals surface area contributed by atoms with Crippen molar-refractivity contribution in [3.8, 4) is 0 Å². The summed E-state index contributed by atoms with van der Waals surface area (Å²) in [5.74, 6) is -2.74. The lowest BCUT2D eigenvalue weighted by Crippen LogP contribution is -2.45. The van der Waals surface area contributed by atoms with Crippen molar-refractivity contribution in [3.63, 3.8) is 0 Å². The number of hydrogen-bond donors (Lipinski definition) is 4. The first kappa shape index (κ1) is 33.9. The van der Waals surface area contributed by atoms with Crippen molar-refractivity contribution < 1.29 is 24.3 Å². The molecular weight excluding hydrogens is 582 g/mol. The largest absolute Gasteiger partial charge is 0.392 e. The summed E-state index contributed by atoms with van der Waals surface area (Å²) in [5, 5.41) is 18.0. The first-order chi connectivity index (χ1) is 21.8. The van der Waals surface area contributed by atoms with Crippen molar-refractivity contribution in [1.82, 2.24) is 20.6 Å². The second-order valence-electron chi connectivity index (χ2n) is 12.7. The van der Waals surface area contributed by atoms with Gasteiger partial charge < -0.3 is 21.5 Å². The van der Waals surface area contributed by atoms with E-state index in [2.05, 4.69) is 20.6 Å². The Morgan fingerprint density at radius 1 is 0.891 bits per heavy atom. The third-order valence-electron chi connectivity index (χ3n) is 7.66. The Morgan fingerprint density at radius 3 is 2.35 bits per heavy atom. The van der Waals surface area contributed by atoms with Gasteiger partial charge in [0.15, 0.2) is 5.78 Å². The number of amides is 3. The van der Waals surface area contributed by atoms with E-state index in [-0.39, 0.29) is 24.4 Å². The van der Waals surface area contributed by atoms with Crippen molar-refractivity contribution in [2.75, 3.05) is 0 Å². The van der Waals surface area contributed by atoms with Gasteiger partial charge in [-0.1, -0.05) is 48.5 Å². The Bertz CT molecular complexity index is 1720. The molecule has 3 atom stereocenters. The summed E-state index contributed by atoms with van der Waals surface area (Å²) in [5.41, 5.74) is 8.53. The Balaban J connectivity index is 1.57. The Kier molecular flexibility index (Phi) is 11.0. The highest BCUT2D eigenvalue weighted by Gasteiger charge is 2.30. The minimum atomic E-state index is -1.23. The summed E-state index contributed by atoms with van der Waals surface area (Å²) < 4.78 is 0. The fourth-order valence-corrected chi connectivity index (χ4v) is 5.39. The van der Waals surface area contributed by atoms with Crippen molar-refractivity contribution in [3.05, 3.63) is 107 Å². The summed E-state index contributed by atoms with van der Waals surface area (Å²) in [4.78, 5) is 60.8. The smallest absolute Gasteiger partial charge is 0.270 e. The molecule has 0 spiro atoms. The van der Waals surface area contributed by atoms with Gasteiger partial charge in [-0.25, -0.2) is 4.98 Å². The number of aliphatic hydroxyl groups is 1. The number of nitrogens with two attached hydrogens (primary N) is 1. The molecule has 4 rings (SSSR count). The number of nitrogens with one attached hydrogen (secondary N) is 2. The zero-order chi connectivity index (χ0) is 33.4. The molecule has 0 aliphatic heterocycles. The zero-order valence-electron chi connectivity index (χ0n) is 26.6. The number of pyridine rings is 2. The summed E-state index contributed by atoms with van der Waals surface area (Å²) >= 11 is 0. The van der Waals surface area contributed by atoms with Crippen LogP contribution in [0.5, 0.6) is 0 Å². The molecule has 3 amide bonds. The number of primary amides is 1. The first-order valence-electron chi connectivity index (χ1n) is 15.3. The monoisotopic (exact) mass is 623 g/mol. The number of ketones is 1. The van der Waals surface area contributed by atoms with Gasteiger partial charge in [0.1, 0.15) is 5.69 Å². The maximum absolute atomic E-state index is 13.8. The number of aliphatic hydroxyl groups excluding tert-OH is 1. The molecule has 0 aliphatic rings. The van der Waals surface area contributed by atoms with E-state index in [4.69, 9.17) is 5.73 Å². The topological polar surface area (TPSA) is 164 Å². The van der Waals surface area contributed by atoms with Gasteiger partial charge in [-0.05, 0) is 81.3 Å². The van der Waals surface area contributed by atoms with Gasteiger partial charge in [-0.3, -0.25) is 24.2 Å². The molecule has 10 heteroatoms. The normalized spacial score (nSPS) is 13.4. The van der Waals surface area contributed by atoms with Gasteiger partial charge in [0.2, 0.25) is 5.91 Å². The Morgan fingerprint density at radius 2 is 1.65 bits per heavy atom. The number of para-hydroxylation sites is 1. The Hall–Kier alpha value is -4.96. The van der Waals surface area contributed by atoms with Crippen LogP contribution in [0.3, 0.4) is 0 Å². The fraction of sp³-hybridized carbons (Fsp3) is 0.333. The highest BCUT2D eigenvalue weighted by molar-refractivity contribution is 6.00. The molecule has 2 aromatic carbocycles. The summed E-state index contributed by atoms with van der Waals surface area (Å²) in [6.45, 7) is 7.54. The van der Waals surface area contributed by atoms with Crippen LogP contribution in [0.15, 0.2) is 79.1 Å². The van der Waals surface area contributed by atoms with Crippen molar-refractivity contribution in [2.45, 2.75) is 71.1 Å². The lowest BCUT2D eigenvalue weighted by molar-refractivity contribution is -0.126. The average Bonchev–Trinajstić information content (AvgIpc) is 3.00. The van der Waals surface area contributed by atoms with Gasteiger partial charge in [0, 0.05) is 35.3 Å². The molecule has 4 aromatic rings. The van der Waals surface area contributed by atoms with E-state index in [1.165, 1.54) is 0 Å². The molecule has 0 saturated heterocycles. The molecule has 240 valence electrons. The van der Waals surface area contributed by atoms with Crippen LogP contribution in [-0.4, -0.2) is 56.3 Å². The number of benzene rings is 2. The standard InChI is InChI=1S/C36H41N5O5/c1-22-9-7-12-24-14-15-28(39-33(22)24)35(46)40-29(20-32(37)44)31(43)19-26(17-23-10-8-16-38-21-23)30(42)18-25-11-5-6-13-27(25)34(45)41-36(2,3)4/h5-16,21,26,29-30,42H,17-20H2,1-4H3,(H2,37,44)(H,40,46)(H,41,45)/t26-,29-,30+/m0/s1. The van der Waals surface area contributed by atoms with Gasteiger partial charge in [-0.2, -0.15) is 0 Å². The van der Waals surface area contributed by atoms with Gasteiger partial charge in [-0.15, -0.1) is 0 Å². The molecule has 5 N–H and O–H groups in total. The summed E-state index contributed by atoms with van der Waals surface area (Å²) in [7, 11) is 0. The summed E-state index contributed by atoms with van der Waals surface area (Å²) in [6, 6.07) is 18.4. The predicted molar refractivity (Wildman–Crippen MR) is 176 cm³/mol. The molecule has 0 fully saturated rings. The maximum atomic E-state index is 13.8. The number of rotatable bonds is 13. The fourth-order valence-electron chi connectivity index (χ4n) is 5.39. The van der Waals surface area contributed by atoms with Crippen LogP contribution in [0.2, 0.25) is 0 Å². The number of aryl methyl sites for hydroxylation is 1. The van der Waals surface area contributed by atoms with E-state index in [9.17, 15) is 24.3 Å². The molecule has 46 heavy (non-hydrogen) atoms. The number of aromatic nitrogens is 2. The number of carbonyl (C=O) groups is 4. The van der Waals surface area contributed by atoms with Crippen LogP contribution in [0.25, 0.3) is 10.9 Å². The van der Waals surface area contributed by atoms with Gasteiger partial charge in [0.05, 0.1) is 24.1 Å². The SMILES string of the molecule is Cc1cccc2ccc(C(=O)N[C@@H](CC(N)=O)C(=O)C[C@H](Cc3cccnc3)[C@H](O)Cc3ccccc3C(=O)NC(C)(C)C)nc12. The number of hydrogen-bond acceptors (Lipinski definition) is 7. The van der Waals surface area contributed by atoms with Crippen LogP contribution in [0, 0.1) is 12.8 Å². The van der Waals surface area contributed by atoms with E-state index >= 15 is 0 Å². The second-order valence-corrected chi connectivity index (χ2v) is 12.7. The number of Topliss-reactive ketones (excluding diaryl/α,β-unsaturated/α-hetero) is 1. The lowest BCUT2D eigenvalue weighted by Gasteiger charge is -2.26. The first-order valence-corrected chi connectivity index (χ1v) is 15.3. The van der Waals surface area contributed by atoms with Crippen LogP contribution >= 0.6 is 0 Å². The minimum absolute atomic E-state index is 0.0964.